The number of nitrogens with one attached hydrogen (secondary N) is 1. The van der Waals surface area contributed by atoms with E-state index in [1.54, 1.807) is 23.0 Å². The summed E-state index contributed by atoms with van der Waals surface area (Å²) in [7, 11) is 0. The Morgan fingerprint density at radius 1 is 1.47 bits per heavy atom. The summed E-state index contributed by atoms with van der Waals surface area (Å²) in [5.74, 6) is -0.860. The van der Waals surface area contributed by atoms with Crippen molar-refractivity contribution < 1.29 is 17.8 Å². The van der Waals surface area contributed by atoms with E-state index in [0.29, 0.717) is 0 Å². The zero-order valence-electron chi connectivity index (χ0n) is 7.78. The van der Waals surface area contributed by atoms with E-state index in [1.165, 1.54) is 25.1 Å². The van der Waals surface area contributed by atoms with Crippen LogP contribution in [0.1, 0.15) is 17.3 Å². The molecule has 1 rings (SSSR count). The van der Waals surface area contributed by atoms with Crippen molar-refractivity contribution in [3.63, 3.8) is 0 Å². The molecule has 0 saturated heterocycles. The first-order chi connectivity index (χ1) is 7.04. The highest BCUT2D eigenvalue weighted by molar-refractivity contribution is 14.1. The van der Waals surface area contributed by atoms with E-state index >= 15 is 0 Å². The first-order valence-corrected chi connectivity index (χ1v) is 4.86. The summed E-state index contributed by atoms with van der Waals surface area (Å²) < 4.78 is 4.89. The molecule has 0 aliphatic heterocycles. The minimum Gasteiger partial charge on any atom is -0.508 e. The molecule has 2 amide bonds. The second-order valence-corrected chi connectivity index (χ2v) is 3.21. The summed E-state index contributed by atoms with van der Waals surface area (Å²) in [4.78, 5) is 22.1. The number of imide groups is 1. The lowest BCUT2D eigenvalue weighted by atomic mass is 10.2. The minimum absolute atomic E-state index is 0.0686. The van der Waals surface area contributed by atoms with Crippen LogP contribution < -0.4 is 8.38 Å². The molecule has 0 unspecified atom stereocenters. The third-order valence-electron chi connectivity index (χ3n) is 1.58. The smallest absolute Gasteiger partial charge is 0.261 e. The predicted octanol–water partition coefficient (Wildman–Crippen LogP) is 1.40. The van der Waals surface area contributed by atoms with Gasteiger partial charge in [0, 0.05) is 6.92 Å². The Bertz CT molecular complexity index is 405. The Labute approximate surface area is 100 Å². The van der Waals surface area contributed by atoms with E-state index in [-0.39, 0.29) is 17.1 Å². The molecular formula is C9H8INO4. The summed E-state index contributed by atoms with van der Waals surface area (Å²) in [6.45, 7) is 1.23. The monoisotopic (exact) mass is 321 g/mol. The standard InChI is InChI=1S/C9H8INO4/c1-5(12)11-9(14)7-4-6(13)2-3-8(7)15-10/h2-4,13H,1H3,(H,11,12,14). The summed E-state index contributed by atoms with van der Waals surface area (Å²) in [6.07, 6.45) is 0. The molecule has 0 spiro atoms. The van der Waals surface area contributed by atoms with Gasteiger partial charge >= 0.3 is 0 Å². The van der Waals surface area contributed by atoms with Gasteiger partial charge in [0.25, 0.3) is 5.91 Å². The van der Waals surface area contributed by atoms with Crippen LogP contribution in [0.2, 0.25) is 0 Å². The first-order valence-electron chi connectivity index (χ1n) is 3.98. The molecule has 5 nitrogen and oxygen atoms in total. The van der Waals surface area contributed by atoms with Crippen molar-refractivity contribution in [2.75, 3.05) is 0 Å². The fraction of sp³-hybridized carbons (Fsp3) is 0.111. The molecule has 0 saturated carbocycles. The Morgan fingerprint density at radius 3 is 2.67 bits per heavy atom. The minimum atomic E-state index is -0.606. The molecule has 1 aromatic carbocycles. The van der Waals surface area contributed by atoms with Crippen LogP contribution in [0.4, 0.5) is 0 Å². The Hall–Kier alpha value is -1.31. The van der Waals surface area contributed by atoms with Crippen LogP contribution in [0.25, 0.3) is 0 Å². The van der Waals surface area contributed by atoms with Gasteiger partial charge < -0.3 is 8.17 Å². The van der Waals surface area contributed by atoms with E-state index < -0.39 is 11.8 Å². The molecule has 2 N–H and O–H groups in total. The highest BCUT2D eigenvalue weighted by atomic mass is 127. The average molecular weight is 321 g/mol. The van der Waals surface area contributed by atoms with Crippen LogP contribution in [0, 0.1) is 0 Å². The molecule has 1 aromatic rings. The predicted molar refractivity (Wildman–Crippen MR) is 60.9 cm³/mol. The third-order valence-corrected chi connectivity index (χ3v) is 2.05. The number of carbonyl (C=O) groups excluding carboxylic acids is 2. The topological polar surface area (TPSA) is 75.6 Å². The van der Waals surface area contributed by atoms with Crippen LogP contribution in [-0.4, -0.2) is 16.9 Å². The number of hydrogen-bond donors (Lipinski definition) is 2. The number of benzene rings is 1. The number of rotatable bonds is 2. The summed E-state index contributed by atoms with van der Waals surface area (Å²) in [6, 6.07) is 4.06. The van der Waals surface area contributed by atoms with Gasteiger partial charge in [-0.3, -0.25) is 14.9 Å². The molecular weight excluding hydrogens is 313 g/mol. The zero-order valence-corrected chi connectivity index (χ0v) is 9.94. The number of amides is 2. The van der Waals surface area contributed by atoms with Crippen molar-refractivity contribution >= 4 is 34.8 Å². The van der Waals surface area contributed by atoms with Gasteiger partial charge in [-0.15, -0.1) is 0 Å². The first kappa shape index (κ1) is 11.8. The summed E-state index contributed by atoms with van der Waals surface area (Å²) >= 11 is 1.61. The van der Waals surface area contributed by atoms with Gasteiger partial charge in [-0.05, 0) is 18.2 Å². The number of aromatic hydroxyl groups is 1. The molecule has 0 atom stereocenters. The quantitative estimate of drug-likeness (QED) is 0.808. The van der Waals surface area contributed by atoms with Gasteiger partial charge in [-0.1, -0.05) is 0 Å². The zero-order chi connectivity index (χ0) is 11.4. The van der Waals surface area contributed by atoms with Crippen LogP contribution in [0.5, 0.6) is 11.5 Å². The highest BCUT2D eigenvalue weighted by Crippen LogP contribution is 2.24. The summed E-state index contributed by atoms with van der Waals surface area (Å²) in [5.41, 5.74) is 0.111. The maximum absolute atomic E-state index is 11.5. The van der Waals surface area contributed by atoms with Crippen LogP contribution in [-0.2, 0) is 4.79 Å². The molecule has 0 aromatic heterocycles. The molecule has 0 fully saturated rings. The molecule has 0 bridgehead atoms. The van der Waals surface area contributed by atoms with Gasteiger partial charge in [0.05, 0.1) is 5.56 Å². The van der Waals surface area contributed by atoms with Crippen LogP contribution in [0.15, 0.2) is 18.2 Å². The second kappa shape index (κ2) is 4.96. The van der Waals surface area contributed by atoms with Gasteiger partial charge in [-0.25, -0.2) is 0 Å². The van der Waals surface area contributed by atoms with E-state index in [1.807, 2.05) is 0 Å². The largest absolute Gasteiger partial charge is 0.508 e. The molecule has 0 radical (unpaired) electrons. The van der Waals surface area contributed by atoms with Gasteiger partial charge in [-0.2, -0.15) is 0 Å². The van der Waals surface area contributed by atoms with Crippen molar-refractivity contribution in [2.24, 2.45) is 0 Å². The van der Waals surface area contributed by atoms with Crippen molar-refractivity contribution in [3.05, 3.63) is 23.8 Å². The van der Waals surface area contributed by atoms with E-state index in [2.05, 4.69) is 5.32 Å². The second-order valence-electron chi connectivity index (χ2n) is 2.77. The van der Waals surface area contributed by atoms with Gasteiger partial charge in [0.1, 0.15) is 11.5 Å². The SMILES string of the molecule is CC(=O)NC(=O)c1cc(O)ccc1OI. The fourth-order valence-corrected chi connectivity index (χ4v) is 1.37. The molecule has 15 heavy (non-hydrogen) atoms. The van der Waals surface area contributed by atoms with Crippen molar-refractivity contribution in [1.82, 2.24) is 5.32 Å². The lowest BCUT2D eigenvalue weighted by Gasteiger charge is -2.06. The highest BCUT2D eigenvalue weighted by Gasteiger charge is 2.14. The number of phenolic OH excluding ortho intramolecular Hbond substituents is 1. The van der Waals surface area contributed by atoms with Crippen LogP contribution >= 0.6 is 23.0 Å². The Balaban J connectivity index is 3.05. The molecule has 0 heterocycles. The number of phenols is 1. The van der Waals surface area contributed by atoms with Crippen LogP contribution in [0.3, 0.4) is 0 Å². The molecule has 0 aliphatic carbocycles. The maximum atomic E-state index is 11.5. The van der Waals surface area contributed by atoms with Crippen molar-refractivity contribution in [2.45, 2.75) is 6.92 Å². The molecule has 0 aliphatic rings. The van der Waals surface area contributed by atoms with E-state index in [9.17, 15) is 14.7 Å². The Kier molecular flexibility index (Phi) is 3.89. The van der Waals surface area contributed by atoms with Gasteiger partial charge in [0.2, 0.25) is 5.91 Å². The van der Waals surface area contributed by atoms with E-state index in [0.717, 1.165) is 0 Å². The van der Waals surface area contributed by atoms with Crippen molar-refractivity contribution in [1.29, 1.82) is 0 Å². The lowest BCUT2D eigenvalue weighted by Crippen LogP contribution is -2.28. The van der Waals surface area contributed by atoms with E-state index in [4.69, 9.17) is 3.07 Å². The lowest BCUT2D eigenvalue weighted by molar-refractivity contribution is -0.118. The average Bonchev–Trinajstić information content (AvgIpc) is 2.16. The number of carbonyl (C=O) groups is 2. The summed E-state index contributed by atoms with van der Waals surface area (Å²) in [5, 5.41) is 11.3. The molecule has 6 heteroatoms. The Morgan fingerprint density at radius 2 is 2.13 bits per heavy atom. The van der Waals surface area contributed by atoms with Gasteiger partial charge in [0.15, 0.2) is 23.0 Å². The maximum Gasteiger partial charge on any atom is 0.261 e. The fourth-order valence-electron chi connectivity index (χ4n) is 0.990. The normalized spacial score (nSPS) is 9.47. The molecule has 80 valence electrons. The third kappa shape index (κ3) is 3.08. The number of halogens is 1. The number of hydrogen-bond acceptors (Lipinski definition) is 4. The van der Waals surface area contributed by atoms with Crippen molar-refractivity contribution in [3.8, 4) is 11.5 Å².